The van der Waals surface area contributed by atoms with Gasteiger partial charge in [-0.1, -0.05) is 18.2 Å². The normalized spacial score (nSPS) is 10.8. The molecule has 0 aromatic heterocycles. The molecule has 0 heterocycles. The molecule has 150 valence electrons. The molecule has 0 radical (unpaired) electrons. The van der Waals surface area contributed by atoms with E-state index in [1.165, 1.54) is 30.0 Å². The SMILES string of the molecule is CN(CC(=O)Nc1ccc(F)c(F)c1F)CC(=O)N(C)Cc1ccccc1F. The van der Waals surface area contributed by atoms with Gasteiger partial charge in [-0.15, -0.1) is 0 Å². The second-order valence-electron chi connectivity index (χ2n) is 6.28. The number of anilines is 1. The fraction of sp³-hybridized carbons (Fsp3) is 0.263. The van der Waals surface area contributed by atoms with Crippen molar-refractivity contribution in [3.05, 3.63) is 65.2 Å². The van der Waals surface area contributed by atoms with Crippen LogP contribution in [0.15, 0.2) is 36.4 Å². The molecule has 0 aliphatic rings. The Balaban J connectivity index is 1.88. The van der Waals surface area contributed by atoms with Crippen molar-refractivity contribution in [3.63, 3.8) is 0 Å². The van der Waals surface area contributed by atoms with Crippen LogP contribution in [0.4, 0.5) is 23.2 Å². The molecule has 0 spiro atoms. The lowest BCUT2D eigenvalue weighted by molar-refractivity contribution is -0.131. The van der Waals surface area contributed by atoms with Gasteiger partial charge in [0.15, 0.2) is 17.5 Å². The zero-order valence-electron chi connectivity index (χ0n) is 15.3. The molecule has 0 bridgehead atoms. The van der Waals surface area contributed by atoms with Crippen LogP contribution < -0.4 is 5.32 Å². The maximum Gasteiger partial charge on any atom is 0.238 e. The Morgan fingerprint density at radius 2 is 1.57 bits per heavy atom. The molecular formula is C19H19F4N3O2. The summed E-state index contributed by atoms with van der Waals surface area (Å²) >= 11 is 0. The monoisotopic (exact) mass is 397 g/mol. The predicted octanol–water partition coefficient (Wildman–Crippen LogP) is 2.77. The van der Waals surface area contributed by atoms with Crippen molar-refractivity contribution in [2.45, 2.75) is 6.54 Å². The van der Waals surface area contributed by atoms with Crippen molar-refractivity contribution in [2.24, 2.45) is 0 Å². The molecular weight excluding hydrogens is 378 g/mol. The van der Waals surface area contributed by atoms with Gasteiger partial charge in [0.1, 0.15) is 5.82 Å². The van der Waals surface area contributed by atoms with Crippen LogP contribution in [0.5, 0.6) is 0 Å². The number of carbonyl (C=O) groups excluding carboxylic acids is 2. The van der Waals surface area contributed by atoms with Crippen LogP contribution >= 0.6 is 0 Å². The van der Waals surface area contributed by atoms with Gasteiger partial charge in [-0.05, 0) is 25.2 Å². The molecule has 0 fully saturated rings. The van der Waals surface area contributed by atoms with Crippen molar-refractivity contribution in [1.82, 2.24) is 9.80 Å². The maximum atomic E-state index is 13.7. The molecule has 9 heteroatoms. The van der Waals surface area contributed by atoms with Crippen LogP contribution in [0, 0.1) is 23.3 Å². The summed E-state index contributed by atoms with van der Waals surface area (Å²) in [5.41, 5.74) is -0.146. The van der Waals surface area contributed by atoms with Gasteiger partial charge in [-0.25, -0.2) is 17.6 Å². The smallest absolute Gasteiger partial charge is 0.238 e. The first kappa shape index (κ1) is 21.4. The van der Waals surface area contributed by atoms with E-state index in [0.29, 0.717) is 11.6 Å². The average molecular weight is 397 g/mol. The van der Waals surface area contributed by atoms with Crippen molar-refractivity contribution in [3.8, 4) is 0 Å². The number of benzene rings is 2. The lowest BCUT2D eigenvalue weighted by Crippen LogP contribution is -2.39. The summed E-state index contributed by atoms with van der Waals surface area (Å²) in [5, 5.41) is 2.12. The van der Waals surface area contributed by atoms with Gasteiger partial charge in [-0.3, -0.25) is 14.5 Å². The van der Waals surface area contributed by atoms with Gasteiger partial charge in [0, 0.05) is 19.2 Å². The van der Waals surface area contributed by atoms with Gasteiger partial charge in [0.2, 0.25) is 11.8 Å². The number of rotatable bonds is 7. The second kappa shape index (κ2) is 9.32. The first-order valence-electron chi connectivity index (χ1n) is 8.28. The summed E-state index contributed by atoms with van der Waals surface area (Å²) in [6.45, 7) is -0.387. The molecule has 2 aromatic carbocycles. The Bertz CT molecular complexity index is 876. The minimum absolute atomic E-state index is 0.0611. The summed E-state index contributed by atoms with van der Waals surface area (Å²) < 4.78 is 53.3. The zero-order chi connectivity index (χ0) is 20.8. The van der Waals surface area contributed by atoms with E-state index in [1.54, 1.807) is 18.2 Å². The fourth-order valence-corrected chi connectivity index (χ4v) is 2.44. The molecule has 0 aliphatic heterocycles. The minimum Gasteiger partial charge on any atom is -0.340 e. The first-order valence-corrected chi connectivity index (χ1v) is 8.28. The zero-order valence-corrected chi connectivity index (χ0v) is 15.3. The predicted molar refractivity (Wildman–Crippen MR) is 95.3 cm³/mol. The molecule has 2 aromatic rings. The van der Waals surface area contributed by atoms with Crippen molar-refractivity contribution in [2.75, 3.05) is 32.5 Å². The average Bonchev–Trinajstić information content (AvgIpc) is 2.63. The highest BCUT2D eigenvalue weighted by Crippen LogP contribution is 2.19. The van der Waals surface area contributed by atoms with E-state index in [9.17, 15) is 27.2 Å². The molecule has 2 amide bonds. The highest BCUT2D eigenvalue weighted by Gasteiger charge is 2.18. The molecule has 0 aliphatic carbocycles. The van der Waals surface area contributed by atoms with Crippen molar-refractivity contribution in [1.29, 1.82) is 0 Å². The van der Waals surface area contributed by atoms with Gasteiger partial charge < -0.3 is 10.2 Å². The van der Waals surface area contributed by atoms with Crippen LogP contribution in [-0.2, 0) is 16.1 Å². The van der Waals surface area contributed by atoms with Crippen LogP contribution in [0.25, 0.3) is 0 Å². The summed E-state index contributed by atoms with van der Waals surface area (Å²) in [7, 11) is 2.98. The lowest BCUT2D eigenvalue weighted by atomic mass is 10.2. The molecule has 1 N–H and O–H groups in total. The highest BCUT2D eigenvalue weighted by atomic mass is 19.2. The number of hydrogen-bond donors (Lipinski definition) is 1. The van der Waals surface area contributed by atoms with Crippen LogP contribution in [0.2, 0.25) is 0 Å². The van der Waals surface area contributed by atoms with E-state index in [-0.39, 0.29) is 25.5 Å². The number of likely N-dealkylation sites (N-methyl/N-ethyl adjacent to an activating group) is 2. The summed E-state index contributed by atoms with van der Waals surface area (Å²) in [5.74, 6) is -6.05. The molecule has 5 nitrogen and oxygen atoms in total. The van der Waals surface area contributed by atoms with E-state index in [0.717, 1.165) is 6.07 Å². The third kappa shape index (κ3) is 5.53. The van der Waals surface area contributed by atoms with Crippen molar-refractivity contribution >= 4 is 17.5 Å². The quantitative estimate of drug-likeness (QED) is 0.578. The van der Waals surface area contributed by atoms with Gasteiger partial charge in [0.25, 0.3) is 0 Å². The second-order valence-corrected chi connectivity index (χ2v) is 6.28. The molecule has 0 saturated heterocycles. The standard InChI is InChI=1S/C19H19F4N3O2/c1-25(10-16(27)24-15-8-7-14(21)18(22)19(15)23)11-17(28)26(2)9-12-5-3-4-6-13(12)20/h3-8H,9-11H2,1-2H3,(H,24,27). The number of nitrogens with zero attached hydrogens (tertiary/aromatic N) is 2. The van der Waals surface area contributed by atoms with Crippen molar-refractivity contribution < 1.29 is 27.2 Å². The van der Waals surface area contributed by atoms with E-state index in [2.05, 4.69) is 5.32 Å². The first-order chi connectivity index (χ1) is 13.2. The Morgan fingerprint density at radius 3 is 2.25 bits per heavy atom. The Labute approximate surface area is 159 Å². The minimum atomic E-state index is -1.68. The van der Waals surface area contributed by atoms with E-state index in [1.807, 2.05) is 0 Å². The molecule has 2 rings (SSSR count). The van der Waals surface area contributed by atoms with Gasteiger partial charge >= 0.3 is 0 Å². The summed E-state index contributed by atoms with van der Waals surface area (Å²) in [6.07, 6.45) is 0. The number of amides is 2. The maximum absolute atomic E-state index is 13.7. The number of hydrogen-bond acceptors (Lipinski definition) is 3. The number of halogens is 4. The largest absolute Gasteiger partial charge is 0.340 e. The van der Waals surface area contributed by atoms with E-state index >= 15 is 0 Å². The molecule has 0 unspecified atom stereocenters. The van der Waals surface area contributed by atoms with Crippen LogP contribution in [0.3, 0.4) is 0 Å². The van der Waals surface area contributed by atoms with E-state index in [4.69, 9.17) is 0 Å². The topological polar surface area (TPSA) is 52.7 Å². The summed E-state index contributed by atoms with van der Waals surface area (Å²) in [4.78, 5) is 26.8. The Kier molecular flexibility index (Phi) is 7.11. The summed E-state index contributed by atoms with van der Waals surface area (Å²) in [6, 6.07) is 7.65. The molecule has 0 atom stereocenters. The Hall–Kier alpha value is -2.94. The van der Waals surface area contributed by atoms with Crippen LogP contribution in [-0.4, -0.2) is 48.8 Å². The lowest BCUT2D eigenvalue weighted by Gasteiger charge is -2.22. The fourth-order valence-electron chi connectivity index (χ4n) is 2.44. The van der Waals surface area contributed by atoms with E-state index < -0.39 is 34.9 Å². The van der Waals surface area contributed by atoms with Gasteiger partial charge in [0.05, 0.1) is 18.8 Å². The van der Waals surface area contributed by atoms with Crippen LogP contribution in [0.1, 0.15) is 5.56 Å². The van der Waals surface area contributed by atoms with Gasteiger partial charge in [-0.2, -0.15) is 0 Å². The molecule has 0 saturated carbocycles. The third-order valence-corrected chi connectivity index (χ3v) is 3.92. The Morgan fingerprint density at radius 1 is 0.893 bits per heavy atom. The number of nitrogens with one attached hydrogen (secondary N) is 1. The third-order valence-electron chi connectivity index (χ3n) is 3.92. The number of carbonyl (C=O) groups is 2. The highest BCUT2D eigenvalue weighted by molar-refractivity contribution is 5.92. The molecule has 28 heavy (non-hydrogen) atoms.